The number of hydrogen-bond acceptors (Lipinski definition) is 6. The van der Waals surface area contributed by atoms with Crippen molar-refractivity contribution in [1.29, 1.82) is 5.26 Å². The van der Waals surface area contributed by atoms with E-state index >= 15 is 0 Å². The van der Waals surface area contributed by atoms with Crippen molar-refractivity contribution in [3.8, 4) is 33.8 Å². The lowest BCUT2D eigenvalue weighted by atomic mass is 10.0. The lowest BCUT2D eigenvalue weighted by Crippen LogP contribution is -2.19. The molecule has 1 aromatic heterocycles. The number of aromatic nitrogens is 2. The van der Waals surface area contributed by atoms with E-state index in [1.807, 2.05) is 32.0 Å². The largest absolute Gasteiger partial charge is 0.490 e. The number of nitrogens with zero attached hydrogens (tertiary/aromatic N) is 3. The lowest BCUT2D eigenvalue weighted by molar-refractivity contribution is 0.242. The number of nitrogens with one attached hydrogen (secondary N) is 1. The zero-order chi connectivity index (χ0) is 21.1. The van der Waals surface area contributed by atoms with E-state index < -0.39 is 0 Å². The van der Waals surface area contributed by atoms with Gasteiger partial charge in [-0.2, -0.15) is 9.64 Å². The Hall–Kier alpha value is -2.75. The summed E-state index contributed by atoms with van der Waals surface area (Å²) in [5.74, 6) is 1.37. The Balaban J connectivity index is 1.63. The minimum atomic E-state index is 0.0203. The minimum absolute atomic E-state index is 0.0203. The van der Waals surface area contributed by atoms with Crippen LogP contribution in [0.25, 0.3) is 22.0 Å². The SMILES string of the molecule is CCCN[C@H]1CCc2c(-c3nsc(-c4ccc(OC(C)C)c(C#N)c4)n3)cccc21. The summed E-state index contributed by atoms with van der Waals surface area (Å²) in [6.07, 6.45) is 3.31. The summed E-state index contributed by atoms with van der Waals surface area (Å²) in [5, 5.41) is 14.0. The molecule has 0 amide bonds. The van der Waals surface area contributed by atoms with Crippen molar-refractivity contribution in [1.82, 2.24) is 14.7 Å². The Kier molecular flexibility index (Phi) is 6.12. The van der Waals surface area contributed by atoms with Gasteiger partial charge in [-0.05, 0) is 80.5 Å². The number of ether oxygens (including phenoxy) is 1. The van der Waals surface area contributed by atoms with Crippen molar-refractivity contribution >= 4 is 11.5 Å². The molecule has 30 heavy (non-hydrogen) atoms. The van der Waals surface area contributed by atoms with Crippen LogP contribution in [0, 0.1) is 11.3 Å². The van der Waals surface area contributed by atoms with Gasteiger partial charge in [0.2, 0.25) is 0 Å². The summed E-state index contributed by atoms with van der Waals surface area (Å²) in [6.45, 7) is 7.13. The van der Waals surface area contributed by atoms with Crippen molar-refractivity contribution in [2.75, 3.05) is 6.54 Å². The Labute approximate surface area is 181 Å². The van der Waals surface area contributed by atoms with Gasteiger partial charge in [-0.15, -0.1) is 0 Å². The molecule has 2 aromatic carbocycles. The van der Waals surface area contributed by atoms with E-state index in [0.29, 0.717) is 17.4 Å². The molecule has 4 rings (SSSR count). The van der Waals surface area contributed by atoms with Gasteiger partial charge in [0.05, 0.1) is 11.7 Å². The maximum atomic E-state index is 9.51. The van der Waals surface area contributed by atoms with Crippen molar-refractivity contribution in [2.24, 2.45) is 0 Å². The van der Waals surface area contributed by atoms with Gasteiger partial charge >= 0.3 is 0 Å². The number of fused-ring (bicyclic) bond motifs is 1. The first-order valence-electron chi connectivity index (χ1n) is 10.5. The molecule has 1 aliphatic carbocycles. The van der Waals surface area contributed by atoms with Crippen LogP contribution in [-0.2, 0) is 6.42 Å². The molecule has 1 atom stereocenters. The summed E-state index contributed by atoms with van der Waals surface area (Å²) in [4.78, 5) is 4.82. The second-order valence-corrected chi connectivity index (χ2v) is 8.58. The van der Waals surface area contributed by atoms with Crippen LogP contribution >= 0.6 is 11.5 Å². The molecule has 1 N–H and O–H groups in total. The van der Waals surface area contributed by atoms with E-state index in [2.05, 4.69) is 40.9 Å². The number of benzene rings is 2. The summed E-state index contributed by atoms with van der Waals surface area (Å²) >= 11 is 1.37. The quantitative estimate of drug-likeness (QED) is 0.547. The molecule has 6 heteroatoms. The summed E-state index contributed by atoms with van der Waals surface area (Å²) < 4.78 is 10.4. The van der Waals surface area contributed by atoms with Crippen LogP contribution in [0.15, 0.2) is 36.4 Å². The molecule has 3 aromatic rings. The fourth-order valence-corrected chi connectivity index (χ4v) is 4.62. The molecular weight excluding hydrogens is 392 g/mol. The Bertz CT molecular complexity index is 1080. The van der Waals surface area contributed by atoms with Crippen LogP contribution in [0.2, 0.25) is 0 Å². The highest BCUT2D eigenvalue weighted by Gasteiger charge is 2.25. The van der Waals surface area contributed by atoms with Gasteiger partial charge in [0.1, 0.15) is 16.8 Å². The number of rotatable bonds is 7. The molecule has 154 valence electrons. The van der Waals surface area contributed by atoms with Crippen LogP contribution in [0.4, 0.5) is 0 Å². The topological polar surface area (TPSA) is 70.8 Å². The van der Waals surface area contributed by atoms with E-state index in [4.69, 9.17) is 9.72 Å². The van der Waals surface area contributed by atoms with Gasteiger partial charge in [0.15, 0.2) is 5.82 Å². The van der Waals surface area contributed by atoms with Crippen molar-refractivity contribution in [3.63, 3.8) is 0 Å². The number of nitriles is 1. The molecule has 5 nitrogen and oxygen atoms in total. The zero-order valence-corrected chi connectivity index (χ0v) is 18.4. The van der Waals surface area contributed by atoms with Crippen LogP contribution in [-0.4, -0.2) is 22.0 Å². The third-order valence-electron chi connectivity index (χ3n) is 5.29. The smallest absolute Gasteiger partial charge is 0.173 e. The molecule has 0 bridgehead atoms. The van der Waals surface area contributed by atoms with Gasteiger partial charge in [-0.1, -0.05) is 25.1 Å². The predicted molar refractivity (Wildman–Crippen MR) is 121 cm³/mol. The van der Waals surface area contributed by atoms with Crippen LogP contribution in [0.5, 0.6) is 5.75 Å². The first kappa shape index (κ1) is 20.5. The first-order valence-corrected chi connectivity index (χ1v) is 11.3. The molecule has 0 saturated heterocycles. The standard InChI is InChI=1S/C24H26N4OS/c1-4-12-26-21-10-9-18-19(21)6-5-7-20(18)23-27-24(30-28-23)16-8-11-22(29-15(2)3)17(13-16)14-25/h5-8,11,13,15,21,26H,4,9-10,12H2,1-3H3/t21-/m0/s1. The Morgan fingerprint density at radius 2 is 2.17 bits per heavy atom. The van der Waals surface area contributed by atoms with E-state index in [-0.39, 0.29) is 6.10 Å². The van der Waals surface area contributed by atoms with Crippen molar-refractivity contribution in [3.05, 3.63) is 53.1 Å². The van der Waals surface area contributed by atoms with E-state index in [1.54, 1.807) is 0 Å². The summed E-state index contributed by atoms with van der Waals surface area (Å²) in [7, 11) is 0. The average Bonchev–Trinajstić information content (AvgIpc) is 3.39. The Morgan fingerprint density at radius 1 is 1.30 bits per heavy atom. The molecule has 0 saturated carbocycles. The highest BCUT2D eigenvalue weighted by molar-refractivity contribution is 7.09. The van der Waals surface area contributed by atoms with Crippen LogP contribution in [0.1, 0.15) is 56.3 Å². The third kappa shape index (κ3) is 4.09. The van der Waals surface area contributed by atoms with Gasteiger partial charge in [-0.25, -0.2) is 4.98 Å². The fourth-order valence-electron chi connectivity index (χ4n) is 3.95. The maximum absolute atomic E-state index is 9.51. The molecular formula is C24H26N4OS. The third-order valence-corrected chi connectivity index (χ3v) is 6.05. The summed E-state index contributed by atoms with van der Waals surface area (Å²) in [6, 6.07) is 14.7. The predicted octanol–water partition coefficient (Wildman–Crippen LogP) is 5.52. The lowest BCUT2D eigenvalue weighted by Gasteiger charge is -2.13. The molecule has 0 unspecified atom stereocenters. The van der Waals surface area contributed by atoms with Gasteiger partial charge in [0, 0.05) is 17.2 Å². The van der Waals surface area contributed by atoms with Gasteiger partial charge in [0.25, 0.3) is 0 Å². The second-order valence-electron chi connectivity index (χ2n) is 7.83. The molecule has 0 spiro atoms. The van der Waals surface area contributed by atoms with Crippen LogP contribution in [0.3, 0.4) is 0 Å². The van der Waals surface area contributed by atoms with E-state index in [9.17, 15) is 5.26 Å². The van der Waals surface area contributed by atoms with Gasteiger partial charge < -0.3 is 10.1 Å². The van der Waals surface area contributed by atoms with Crippen LogP contribution < -0.4 is 10.1 Å². The average molecular weight is 419 g/mol. The minimum Gasteiger partial charge on any atom is -0.490 e. The van der Waals surface area contributed by atoms with Crippen molar-refractivity contribution < 1.29 is 4.74 Å². The monoisotopic (exact) mass is 418 g/mol. The molecule has 0 radical (unpaired) electrons. The maximum Gasteiger partial charge on any atom is 0.173 e. The molecule has 1 aliphatic rings. The van der Waals surface area contributed by atoms with E-state index in [0.717, 1.165) is 47.8 Å². The van der Waals surface area contributed by atoms with E-state index in [1.165, 1.54) is 22.7 Å². The first-order chi connectivity index (χ1) is 14.6. The highest BCUT2D eigenvalue weighted by atomic mass is 32.1. The summed E-state index contributed by atoms with van der Waals surface area (Å²) in [5.41, 5.74) is 5.26. The molecule has 1 heterocycles. The number of hydrogen-bond donors (Lipinski definition) is 1. The fraction of sp³-hybridized carbons (Fsp3) is 0.375. The molecule has 0 aliphatic heterocycles. The second kappa shape index (κ2) is 8.95. The molecule has 0 fully saturated rings. The van der Waals surface area contributed by atoms with Crippen molar-refractivity contribution in [2.45, 2.75) is 52.2 Å². The normalized spacial score (nSPS) is 15.2. The van der Waals surface area contributed by atoms with Gasteiger partial charge in [-0.3, -0.25) is 0 Å². The highest BCUT2D eigenvalue weighted by Crippen LogP contribution is 2.38. The zero-order valence-electron chi connectivity index (χ0n) is 17.6. The Morgan fingerprint density at radius 3 is 2.93 bits per heavy atom.